The summed E-state index contributed by atoms with van der Waals surface area (Å²) in [6.07, 6.45) is 0. The number of hydrogen-bond acceptors (Lipinski definition) is 1. The van der Waals surface area contributed by atoms with E-state index in [1.807, 2.05) is 42.5 Å². The Morgan fingerprint density at radius 1 is 0.941 bits per heavy atom. The molecular formula is C13H10Br2ClN. The van der Waals surface area contributed by atoms with Crippen LogP contribution in [-0.2, 0) is 0 Å². The van der Waals surface area contributed by atoms with Crippen molar-refractivity contribution < 1.29 is 0 Å². The van der Waals surface area contributed by atoms with E-state index in [1.54, 1.807) is 0 Å². The number of hydrogen-bond donors (Lipinski definition) is 1. The van der Waals surface area contributed by atoms with Gasteiger partial charge in [0.05, 0.1) is 11.1 Å². The Labute approximate surface area is 122 Å². The Kier molecular flexibility index (Phi) is 4.26. The van der Waals surface area contributed by atoms with Crippen molar-refractivity contribution in [1.29, 1.82) is 0 Å². The van der Waals surface area contributed by atoms with Crippen molar-refractivity contribution in [1.82, 2.24) is 0 Å². The number of halogens is 3. The fraction of sp³-hybridized carbons (Fsp3) is 0.0769. The standard InChI is InChI=1S/C13H10Br2ClN/c14-10-4-1-8(2-5-10)13(17)9-3-6-12(16)11(15)7-9/h1-7,13H,17H2. The molecule has 2 N–H and O–H groups in total. The molecule has 0 aliphatic heterocycles. The first-order valence-corrected chi connectivity index (χ1v) is 7.00. The lowest BCUT2D eigenvalue weighted by atomic mass is 10.00. The van der Waals surface area contributed by atoms with Crippen LogP contribution in [0.5, 0.6) is 0 Å². The van der Waals surface area contributed by atoms with Gasteiger partial charge in [-0.1, -0.05) is 45.7 Å². The topological polar surface area (TPSA) is 26.0 Å². The van der Waals surface area contributed by atoms with Crippen LogP contribution in [0.1, 0.15) is 17.2 Å². The van der Waals surface area contributed by atoms with Crippen LogP contribution in [-0.4, -0.2) is 0 Å². The highest BCUT2D eigenvalue weighted by molar-refractivity contribution is 9.10. The molecule has 0 saturated heterocycles. The second-order valence-electron chi connectivity index (χ2n) is 3.70. The molecule has 0 heterocycles. The quantitative estimate of drug-likeness (QED) is 0.793. The van der Waals surface area contributed by atoms with Crippen LogP contribution in [0.25, 0.3) is 0 Å². The Morgan fingerprint density at radius 3 is 2.12 bits per heavy atom. The molecule has 4 heteroatoms. The summed E-state index contributed by atoms with van der Waals surface area (Å²) in [5.74, 6) is 0. The van der Waals surface area contributed by atoms with E-state index in [1.165, 1.54) is 0 Å². The van der Waals surface area contributed by atoms with E-state index in [0.29, 0.717) is 5.02 Å². The van der Waals surface area contributed by atoms with E-state index in [2.05, 4.69) is 31.9 Å². The molecule has 0 spiro atoms. The maximum Gasteiger partial charge on any atom is 0.0552 e. The summed E-state index contributed by atoms with van der Waals surface area (Å²) >= 11 is 12.8. The van der Waals surface area contributed by atoms with Crippen molar-refractivity contribution in [2.24, 2.45) is 5.73 Å². The first-order valence-electron chi connectivity index (χ1n) is 5.04. The van der Waals surface area contributed by atoms with Crippen LogP contribution in [0.15, 0.2) is 51.4 Å². The molecule has 1 atom stereocenters. The summed E-state index contributed by atoms with van der Waals surface area (Å²) in [6.45, 7) is 0. The van der Waals surface area contributed by atoms with Crippen LogP contribution in [0.2, 0.25) is 5.02 Å². The SMILES string of the molecule is NC(c1ccc(Br)cc1)c1ccc(Cl)c(Br)c1. The van der Waals surface area contributed by atoms with Gasteiger partial charge in [0.2, 0.25) is 0 Å². The van der Waals surface area contributed by atoms with Crippen LogP contribution in [0.3, 0.4) is 0 Å². The molecule has 0 bridgehead atoms. The zero-order valence-corrected chi connectivity index (χ0v) is 12.8. The number of nitrogens with two attached hydrogens (primary N) is 1. The molecule has 1 nitrogen and oxygen atoms in total. The first-order chi connectivity index (χ1) is 8.08. The minimum Gasteiger partial charge on any atom is -0.320 e. The Bertz CT molecular complexity index is 525. The van der Waals surface area contributed by atoms with Gasteiger partial charge in [-0.05, 0) is 51.3 Å². The van der Waals surface area contributed by atoms with E-state index in [4.69, 9.17) is 17.3 Å². The Hall–Kier alpha value is -0.350. The van der Waals surface area contributed by atoms with Gasteiger partial charge in [0, 0.05) is 8.95 Å². The zero-order chi connectivity index (χ0) is 12.4. The number of rotatable bonds is 2. The highest BCUT2D eigenvalue weighted by Gasteiger charge is 2.10. The van der Waals surface area contributed by atoms with Gasteiger partial charge in [-0.3, -0.25) is 0 Å². The van der Waals surface area contributed by atoms with Gasteiger partial charge in [-0.25, -0.2) is 0 Å². The molecule has 17 heavy (non-hydrogen) atoms. The van der Waals surface area contributed by atoms with Crippen molar-refractivity contribution in [3.8, 4) is 0 Å². The molecule has 1 unspecified atom stereocenters. The molecule has 0 saturated carbocycles. The third-order valence-corrected chi connectivity index (χ3v) is 4.27. The monoisotopic (exact) mass is 373 g/mol. The molecule has 0 aliphatic rings. The van der Waals surface area contributed by atoms with Gasteiger partial charge in [0.15, 0.2) is 0 Å². The van der Waals surface area contributed by atoms with Gasteiger partial charge < -0.3 is 5.73 Å². The van der Waals surface area contributed by atoms with E-state index < -0.39 is 0 Å². The third-order valence-electron chi connectivity index (χ3n) is 2.53. The largest absolute Gasteiger partial charge is 0.320 e. The summed E-state index contributed by atoms with van der Waals surface area (Å²) in [4.78, 5) is 0. The average molecular weight is 375 g/mol. The summed E-state index contributed by atoms with van der Waals surface area (Å²) in [5.41, 5.74) is 8.31. The lowest BCUT2D eigenvalue weighted by Crippen LogP contribution is -2.11. The highest BCUT2D eigenvalue weighted by atomic mass is 79.9. The third kappa shape index (κ3) is 3.10. The van der Waals surface area contributed by atoms with Gasteiger partial charge >= 0.3 is 0 Å². The van der Waals surface area contributed by atoms with Crippen LogP contribution in [0.4, 0.5) is 0 Å². The molecule has 0 amide bonds. The minimum atomic E-state index is -0.142. The lowest BCUT2D eigenvalue weighted by Gasteiger charge is -2.13. The van der Waals surface area contributed by atoms with Crippen molar-refractivity contribution >= 4 is 43.5 Å². The lowest BCUT2D eigenvalue weighted by molar-refractivity contribution is 0.870. The Balaban J connectivity index is 2.33. The maximum atomic E-state index is 6.21. The van der Waals surface area contributed by atoms with Crippen molar-refractivity contribution in [3.63, 3.8) is 0 Å². The summed E-state index contributed by atoms with van der Waals surface area (Å²) in [6, 6.07) is 13.6. The van der Waals surface area contributed by atoms with E-state index >= 15 is 0 Å². The fourth-order valence-electron chi connectivity index (χ4n) is 1.57. The van der Waals surface area contributed by atoms with Crippen molar-refractivity contribution in [2.45, 2.75) is 6.04 Å². The average Bonchev–Trinajstić information content (AvgIpc) is 2.33. The molecular weight excluding hydrogens is 365 g/mol. The molecule has 2 aromatic carbocycles. The fourth-order valence-corrected chi connectivity index (χ4v) is 2.35. The second kappa shape index (κ2) is 5.53. The smallest absolute Gasteiger partial charge is 0.0552 e. The first kappa shape index (κ1) is 13.1. The summed E-state index contributed by atoms with van der Waals surface area (Å²) in [7, 11) is 0. The van der Waals surface area contributed by atoms with Crippen molar-refractivity contribution in [3.05, 3.63) is 67.6 Å². The minimum absolute atomic E-state index is 0.142. The summed E-state index contributed by atoms with van der Waals surface area (Å²) < 4.78 is 1.91. The molecule has 0 radical (unpaired) electrons. The van der Waals surface area contributed by atoms with E-state index in [9.17, 15) is 0 Å². The van der Waals surface area contributed by atoms with Crippen molar-refractivity contribution in [2.75, 3.05) is 0 Å². The number of benzene rings is 2. The molecule has 0 aromatic heterocycles. The molecule has 88 valence electrons. The predicted molar refractivity (Wildman–Crippen MR) is 79.3 cm³/mol. The molecule has 2 rings (SSSR count). The van der Waals surface area contributed by atoms with E-state index in [-0.39, 0.29) is 6.04 Å². The molecule has 0 aliphatic carbocycles. The van der Waals surface area contributed by atoms with Crippen LogP contribution < -0.4 is 5.73 Å². The highest BCUT2D eigenvalue weighted by Crippen LogP contribution is 2.28. The zero-order valence-electron chi connectivity index (χ0n) is 8.83. The predicted octanol–water partition coefficient (Wildman–Crippen LogP) is 4.91. The molecule has 2 aromatic rings. The van der Waals surface area contributed by atoms with E-state index in [0.717, 1.165) is 20.1 Å². The van der Waals surface area contributed by atoms with Gasteiger partial charge in [-0.2, -0.15) is 0 Å². The normalized spacial score (nSPS) is 12.5. The van der Waals surface area contributed by atoms with Gasteiger partial charge in [0.1, 0.15) is 0 Å². The summed E-state index contributed by atoms with van der Waals surface area (Å²) in [5, 5.41) is 0.691. The van der Waals surface area contributed by atoms with Gasteiger partial charge in [0.25, 0.3) is 0 Å². The Morgan fingerprint density at radius 2 is 1.53 bits per heavy atom. The molecule has 0 fully saturated rings. The maximum absolute atomic E-state index is 6.21. The van der Waals surface area contributed by atoms with Crippen LogP contribution in [0, 0.1) is 0 Å². The second-order valence-corrected chi connectivity index (χ2v) is 5.88. The van der Waals surface area contributed by atoms with Gasteiger partial charge in [-0.15, -0.1) is 0 Å². The van der Waals surface area contributed by atoms with Crippen LogP contribution >= 0.6 is 43.5 Å².